The van der Waals surface area contributed by atoms with E-state index in [0.717, 1.165) is 10.6 Å². The third kappa shape index (κ3) is 2.75. The lowest BCUT2D eigenvalue weighted by atomic mass is 10.1. The van der Waals surface area contributed by atoms with Crippen molar-refractivity contribution in [1.82, 2.24) is 0 Å². The number of Topliss-reactive ketones (excluding diaryl/α,β-unsaturated/α-hetero) is 1. The smallest absolute Gasteiger partial charge is 0.161 e. The second kappa shape index (κ2) is 4.68. The lowest BCUT2D eigenvalue weighted by molar-refractivity contribution is 0.101. The number of benzene rings is 1. The Morgan fingerprint density at radius 2 is 2.23 bits per heavy atom. The number of halogens is 1. The first-order chi connectivity index (χ1) is 6.15. The molecule has 0 aliphatic rings. The SMILES string of the molecule is CCSc1ccc(C(C)=O)c(Cl)c1. The Balaban J connectivity index is 2.98. The molecule has 0 amide bonds. The molecule has 0 aliphatic carbocycles. The largest absolute Gasteiger partial charge is 0.294 e. The van der Waals surface area contributed by atoms with Crippen LogP contribution < -0.4 is 0 Å². The van der Waals surface area contributed by atoms with E-state index in [9.17, 15) is 4.79 Å². The van der Waals surface area contributed by atoms with E-state index in [1.807, 2.05) is 12.1 Å². The molecule has 1 nitrogen and oxygen atoms in total. The predicted molar refractivity (Wildman–Crippen MR) is 57.9 cm³/mol. The summed E-state index contributed by atoms with van der Waals surface area (Å²) in [6, 6.07) is 5.55. The predicted octanol–water partition coefficient (Wildman–Crippen LogP) is 3.65. The van der Waals surface area contributed by atoms with E-state index in [-0.39, 0.29) is 5.78 Å². The number of thioether (sulfide) groups is 1. The zero-order chi connectivity index (χ0) is 9.84. The molecular weight excluding hydrogens is 204 g/mol. The average Bonchev–Trinajstić information content (AvgIpc) is 2.04. The van der Waals surface area contributed by atoms with Gasteiger partial charge in [0.2, 0.25) is 0 Å². The van der Waals surface area contributed by atoms with Crippen molar-refractivity contribution in [3.63, 3.8) is 0 Å². The molecule has 0 aromatic heterocycles. The monoisotopic (exact) mass is 214 g/mol. The molecular formula is C10H11ClOS. The molecule has 0 heterocycles. The van der Waals surface area contributed by atoms with Crippen LogP contribution >= 0.6 is 23.4 Å². The number of hydrogen-bond donors (Lipinski definition) is 0. The van der Waals surface area contributed by atoms with Gasteiger partial charge in [-0.15, -0.1) is 11.8 Å². The highest BCUT2D eigenvalue weighted by molar-refractivity contribution is 7.99. The molecule has 0 bridgehead atoms. The van der Waals surface area contributed by atoms with Crippen LogP contribution in [0.25, 0.3) is 0 Å². The van der Waals surface area contributed by atoms with E-state index in [1.165, 1.54) is 6.92 Å². The van der Waals surface area contributed by atoms with Crippen molar-refractivity contribution in [2.45, 2.75) is 18.7 Å². The average molecular weight is 215 g/mol. The normalized spacial score (nSPS) is 10.1. The zero-order valence-corrected chi connectivity index (χ0v) is 9.21. The molecule has 3 heteroatoms. The van der Waals surface area contributed by atoms with Gasteiger partial charge >= 0.3 is 0 Å². The van der Waals surface area contributed by atoms with Gasteiger partial charge in [-0.05, 0) is 30.9 Å². The van der Waals surface area contributed by atoms with Crippen LogP contribution in [0.4, 0.5) is 0 Å². The van der Waals surface area contributed by atoms with Crippen molar-refractivity contribution in [2.24, 2.45) is 0 Å². The first-order valence-corrected chi connectivity index (χ1v) is 5.44. The summed E-state index contributed by atoms with van der Waals surface area (Å²) < 4.78 is 0. The fraction of sp³-hybridized carbons (Fsp3) is 0.300. The number of carbonyl (C=O) groups excluding carboxylic acids is 1. The first-order valence-electron chi connectivity index (χ1n) is 4.08. The highest BCUT2D eigenvalue weighted by Crippen LogP contribution is 2.24. The molecule has 0 saturated heterocycles. The van der Waals surface area contributed by atoms with E-state index < -0.39 is 0 Å². The van der Waals surface area contributed by atoms with Gasteiger partial charge in [0.15, 0.2) is 5.78 Å². The van der Waals surface area contributed by atoms with Crippen LogP contribution in [0.5, 0.6) is 0 Å². The van der Waals surface area contributed by atoms with Crippen molar-refractivity contribution >= 4 is 29.1 Å². The molecule has 70 valence electrons. The van der Waals surface area contributed by atoms with Gasteiger partial charge in [-0.25, -0.2) is 0 Å². The number of ketones is 1. The summed E-state index contributed by atoms with van der Waals surface area (Å²) in [7, 11) is 0. The fourth-order valence-electron chi connectivity index (χ4n) is 1.04. The maximum Gasteiger partial charge on any atom is 0.161 e. The summed E-state index contributed by atoms with van der Waals surface area (Å²) in [5, 5.41) is 0.547. The molecule has 0 unspecified atom stereocenters. The molecule has 0 aliphatic heterocycles. The Morgan fingerprint density at radius 3 is 2.69 bits per heavy atom. The van der Waals surface area contributed by atoms with Crippen LogP contribution in [-0.4, -0.2) is 11.5 Å². The lowest BCUT2D eigenvalue weighted by Crippen LogP contribution is -1.92. The topological polar surface area (TPSA) is 17.1 Å². The quantitative estimate of drug-likeness (QED) is 0.564. The van der Waals surface area contributed by atoms with E-state index >= 15 is 0 Å². The highest BCUT2D eigenvalue weighted by Gasteiger charge is 2.05. The summed E-state index contributed by atoms with van der Waals surface area (Å²) in [4.78, 5) is 12.2. The Hall–Kier alpha value is -0.470. The number of carbonyl (C=O) groups is 1. The molecule has 0 N–H and O–H groups in total. The van der Waals surface area contributed by atoms with E-state index in [0.29, 0.717) is 10.6 Å². The van der Waals surface area contributed by atoms with Gasteiger partial charge in [-0.1, -0.05) is 18.5 Å². The van der Waals surface area contributed by atoms with E-state index in [4.69, 9.17) is 11.6 Å². The molecule has 0 fully saturated rings. The van der Waals surface area contributed by atoms with Gasteiger partial charge in [0, 0.05) is 10.5 Å². The van der Waals surface area contributed by atoms with Crippen molar-refractivity contribution in [1.29, 1.82) is 0 Å². The van der Waals surface area contributed by atoms with Crippen molar-refractivity contribution in [2.75, 3.05) is 5.75 Å². The van der Waals surface area contributed by atoms with Crippen LogP contribution in [0.1, 0.15) is 24.2 Å². The zero-order valence-electron chi connectivity index (χ0n) is 7.63. The lowest BCUT2D eigenvalue weighted by Gasteiger charge is -2.02. The number of hydrogen-bond acceptors (Lipinski definition) is 2. The maximum absolute atomic E-state index is 11.0. The standard InChI is InChI=1S/C10H11ClOS/c1-3-13-8-4-5-9(7(2)12)10(11)6-8/h4-6H,3H2,1-2H3. The van der Waals surface area contributed by atoms with Crippen molar-refractivity contribution < 1.29 is 4.79 Å². The van der Waals surface area contributed by atoms with E-state index in [2.05, 4.69) is 6.92 Å². The Labute approximate surface area is 87.5 Å². The summed E-state index contributed by atoms with van der Waals surface area (Å²) in [6.45, 7) is 3.60. The Morgan fingerprint density at radius 1 is 1.54 bits per heavy atom. The highest BCUT2D eigenvalue weighted by atomic mass is 35.5. The molecule has 1 aromatic rings. The van der Waals surface area contributed by atoms with Gasteiger partial charge in [0.1, 0.15) is 0 Å². The molecule has 0 atom stereocenters. The molecule has 0 saturated carbocycles. The minimum absolute atomic E-state index is 0.0121. The summed E-state index contributed by atoms with van der Waals surface area (Å²) in [5.74, 6) is 1.02. The van der Waals surface area contributed by atoms with Crippen molar-refractivity contribution in [3.05, 3.63) is 28.8 Å². The molecule has 13 heavy (non-hydrogen) atoms. The van der Waals surface area contributed by atoms with Gasteiger partial charge < -0.3 is 0 Å². The Kier molecular flexibility index (Phi) is 3.82. The second-order valence-corrected chi connectivity index (χ2v) is 4.38. The van der Waals surface area contributed by atoms with Gasteiger partial charge in [-0.3, -0.25) is 4.79 Å². The summed E-state index contributed by atoms with van der Waals surface area (Å²) in [5.41, 5.74) is 0.599. The number of rotatable bonds is 3. The third-order valence-corrected chi connectivity index (χ3v) is 2.82. The third-order valence-electron chi connectivity index (χ3n) is 1.63. The van der Waals surface area contributed by atoms with Crippen molar-refractivity contribution in [3.8, 4) is 0 Å². The van der Waals surface area contributed by atoms with Gasteiger partial charge in [0.25, 0.3) is 0 Å². The van der Waals surface area contributed by atoms with E-state index in [1.54, 1.807) is 17.8 Å². The van der Waals surface area contributed by atoms with Gasteiger partial charge in [-0.2, -0.15) is 0 Å². The molecule has 0 spiro atoms. The summed E-state index contributed by atoms with van der Waals surface area (Å²) in [6.07, 6.45) is 0. The molecule has 0 radical (unpaired) electrons. The van der Waals surface area contributed by atoms with Crippen LogP contribution in [0, 0.1) is 0 Å². The van der Waals surface area contributed by atoms with Gasteiger partial charge in [0.05, 0.1) is 5.02 Å². The summed E-state index contributed by atoms with van der Waals surface area (Å²) >= 11 is 7.64. The first kappa shape index (κ1) is 10.6. The maximum atomic E-state index is 11.0. The minimum atomic E-state index is 0.0121. The molecule has 1 aromatic carbocycles. The van der Waals surface area contributed by atoms with Crippen LogP contribution in [-0.2, 0) is 0 Å². The van der Waals surface area contributed by atoms with Crippen LogP contribution in [0.2, 0.25) is 5.02 Å². The second-order valence-electron chi connectivity index (χ2n) is 2.63. The minimum Gasteiger partial charge on any atom is -0.294 e. The van der Waals surface area contributed by atoms with Crippen LogP contribution in [0.3, 0.4) is 0 Å². The Bertz CT molecular complexity index is 323. The fourth-order valence-corrected chi connectivity index (χ4v) is 2.11. The van der Waals surface area contributed by atoms with Crippen LogP contribution in [0.15, 0.2) is 23.1 Å². The molecule has 1 rings (SSSR count).